The van der Waals surface area contributed by atoms with E-state index in [4.69, 9.17) is 11.6 Å². The lowest BCUT2D eigenvalue weighted by Gasteiger charge is -2.25. The first-order valence-electron chi connectivity index (χ1n) is 9.21. The molecule has 2 aliphatic heterocycles. The second-order valence-corrected chi connectivity index (χ2v) is 11.1. The molecule has 0 N–H and O–H groups in total. The summed E-state index contributed by atoms with van der Waals surface area (Å²) in [4.78, 5) is 18.1. The molecule has 4 rings (SSSR count). The summed E-state index contributed by atoms with van der Waals surface area (Å²) in [7, 11) is -3.33. The molecule has 0 spiro atoms. The Kier molecular flexibility index (Phi) is 5.82. The van der Waals surface area contributed by atoms with E-state index >= 15 is 0 Å². The molecule has 164 valence electrons. The molecule has 2 heterocycles. The summed E-state index contributed by atoms with van der Waals surface area (Å²) in [6.45, 7) is 0. The highest BCUT2D eigenvalue weighted by molar-refractivity contribution is 8.16. The van der Waals surface area contributed by atoms with Gasteiger partial charge < -0.3 is 4.90 Å². The molecular formula is C20H16ClF3N2O3S2. The van der Waals surface area contributed by atoms with Gasteiger partial charge in [-0.25, -0.2) is 8.42 Å². The van der Waals surface area contributed by atoms with Gasteiger partial charge in [-0.3, -0.25) is 4.79 Å². The zero-order chi connectivity index (χ0) is 22.4. The molecule has 0 bridgehead atoms. The number of aliphatic imine (C=N–C) groups is 1. The Morgan fingerprint density at radius 2 is 1.87 bits per heavy atom. The number of fused-ring (bicyclic) bond motifs is 1. The molecule has 0 aliphatic carbocycles. The van der Waals surface area contributed by atoms with Gasteiger partial charge >= 0.3 is 6.18 Å². The molecule has 2 saturated heterocycles. The number of alkyl halides is 3. The third-order valence-electron chi connectivity index (χ3n) is 5.01. The Labute approximate surface area is 186 Å². The predicted molar refractivity (Wildman–Crippen MR) is 115 cm³/mol. The van der Waals surface area contributed by atoms with E-state index in [2.05, 4.69) is 4.99 Å². The highest BCUT2D eigenvalue weighted by atomic mass is 35.5. The van der Waals surface area contributed by atoms with E-state index in [0.717, 1.165) is 23.9 Å². The van der Waals surface area contributed by atoms with Gasteiger partial charge in [0.25, 0.3) is 5.91 Å². The second-order valence-electron chi connectivity index (χ2n) is 7.31. The van der Waals surface area contributed by atoms with Crippen molar-refractivity contribution in [2.45, 2.75) is 23.9 Å². The SMILES string of the molecule is O=C(Cc1ccc(Cl)cc1)N=C1S[C@@H]2CS(=O)(=O)C[C@@H]2N1c1cccc(C(F)(F)F)c1. The molecule has 0 saturated carbocycles. The molecule has 2 aromatic carbocycles. The number of benzene rings is 2. The number of halogens is 4. The van der Waals surface area contributed by atoms with E-state index in [-0.39, 0.29) is 28.8 Å². The average molecular weight is 489 g/mol. The van der Waals surface area contributed by atoms with E-state index in [0.29, 0.717) is 10.6 Å². The predicted octanol–water partition coefficient (Wildman–Crippen LogP) is 4.20. The molecule has 0 radical (unpaired) electrons. The van der Waals surface area contributed by atoms with Crippen LogP contribution in [0.5, 0.6) is 0 Å². The fraction of sp³-hybridized carbons (Fsp3) is 0.300. The first-order chi connectivity index (χ1) is 14.5. The van der Waals surface area contributed by atoms with Crippen LogP contribution in [0.15, 0.2) is 53.5 Å². The number of rotatable bonds is 3. The summed E-state index contributed by atoms with van der Waals surface area (Å²) >= 11 is 6.96. The van der Waals surface area contributed by atoms with E-state index in [1.54, 1.807) is 24.3 Å². The molecule has 2 fully saturated rings. The number of thioether (sulfide) groups is 1. The highest BCUT2D eigenvalue weighted by Crippen LogP contribution is 2.42. The maximum Gasteiger partial charge on any atom is 0.416 e. The normalized spacial score (nSPS) is 23.9. The zero-order valence-corrected chi connectivity index (χ0v) is 18.2. The Bertz CT molecular complexity index is 1150. The fourth-order valence-corrected chi connectivity index (χ4v) is 7.68. The van der Waals surface area contributed by atoms with Crippen LogP contribution in [0.3, 0.4) is 0 Å². The van der Waals surface area contributed by atoms with Gasteiger partial charge in [0.1, 0.15) is 0 Å². The monoisotopic (exact) mass is 488 g/mol. The summed E-state index contributed by atoms with van der Waals surface area (Å²) in [5.41, 5.74) is -0.00810. The number of sulfone groups is 1. The lowest BCUT2D eigenvalue weighted by Crippen LogP contribution is -2.38. The van der Waals surface area contributed by atoms with E-state index in [1.807, 2.05) is 0 Å². The number of amidine groups is 1. The minimum atomic E-state index is -4.55. The molecule has 2 aliphatic rings. The Balaban J connectivity index is 1.67. The van der Waals surface area contributed by atoms with Crippen LogP contribution in [0.25, 0.3) is 0 Å². The topological polar surface area (TPSA) is 66.8 Å². The summed E-state index contributed by atoms with van der Waals surface area (Å²) < 4.78 is 63.8. The average Bonchev–Trinajstić information content (AvgIpc) is 3.13. The van der Waals surface area contributed by atoms with Crippen molar-refractivity contribution in [2.24, 2.45) is 4.99 Å². The Morgan fingerprint density at radius 1 is 1.16 bits per heavy atom. The first kappa shape index (κ1) is 22.2. The summed E-state index contributed by atoms with van der Waals surface area (Å²) in [6, 6.07) is 10.7. The molecule has 31 heavy (non-hydrogen) atoms. The Morgan fingerprint density at radius 3 is 2.55 bits per heavy atom. The quantitative estimate of drug-likeness (QED) is 0.647. The van der Waals surface area contributed by atoms with Gasteiger partial charge in [0.2, 0.25) is 0 Å². The van der Waals surface area contributed by atoms with Crippen molar-refractivity contribution < 1.29 is 26.4 Å². The standard InChI is InChI=1S/C20H16ClF3N2O3S2/c21-14-6-4-12(5-7-14)8-18(27)25-19-26(16-10-31(28,29)11-17(16)30-19)15-3-1-2-13(9-15)20(22,23)24/h1-7,9,16-17H,8,10-11H2/t16-,17+/m0/s1. The maximum absolute atomic E-state index is 13.2. The van der Waals surface area contributed by atoms with Crippen molar-refractivity contribution in [2.75, 3.05) is 16.4 Å². The molecule has 5 nitrogen and oxygen atoms in total. The van der Waals surface area contributed by atoms with Crippen LogP contribution in [0.4, 0.5) is 18.9 Å². The first-order valence-corrected chi connectivity index (χ1v) is 12.3. The van der Waals surface area contributed by atoms with Crippen molar-refractivity contribution in [3.63, 3.8) is 0 Å². The van der Waals surface area contributed by atoms with Gasteiger partial charge in [0.15, 0.2) is 15.0 Å². The molecule has 2 atom stereocenters. The molecule has 1 amide bonds. The van der Waals surface area contributed by atoms with Crippen molar-refractivity contribution >= 4 is 50.0 Å². The van der Waals surface area contributed by atoms with Crippen molar-refractivity contribution in [3.8, 4) is 0 Å². The van der Waals surface area contributed by atoms with Crippen LogP contribution < -0.4 is 4.90 Å². The smallest absolute Gasteiger partial charge is 0.316 e. The highest BCUT2D eigenvalue weighted by Gasteiger charge is 2.49. The van der Waals surface area contributed by atoms with Crippen molar-refractivity contribution in [3.05, 3.63) is 64.7 Å². The van der Waals surface area contributed by atoms with Crippen LogP contribution in [0, 0.1) is 0 Å². The minimum Gasteiger partial charge on any atom is -0.316 e. The van der Waals surface area contributed by atoms with Gasteiger partial charge in [-0.05, 0) is 35.9 Å². The van der Waals surface area contributed by atoms with Gasteiger partial charge in [0.05, 0.1) is 29.5 Å². The van der Waals surface area contributed by atoms with Gasteiger partial charge in [0, 0.05) is 16.0 Å². The van der Waals surface area contributed by atoms with Gasteiger partial charge in [-0.2, -0.15) is 18.2 Å². The number of carbonyl (C=O) groups is 1. The van der Waals surface area contributed by atoms with Crippen molar-refractivity contribution in [1.82, 2.24) is 0 Å². The summed E-state index contributed by atoms with van der Waals surface area (Å²) in [6.07, 6.45) is -4.56. The van der Waals surface area contributed by atoms with Crippen LogP contribution in [-0.2, 0) is 27.2 Å². The lowest BCUT2D eigenvalue weighted by molar-refractivity contribution is -0.137. The largest absolute Gasteiger partial charge is 0.416 e. The summed E-state index contributed by atoms with van der Waals surface area (Å²) in [5, 5.41) is 0.337. The second kappa shape index (κ2) is 8.14. The number of anilines is 1. The molecule has 0 aromatic heterocycles. The van der Waals surface area contributed by atoms with Crippen LogP contribution in [-0.4, -0.2) is 42.3 Å². The number of carbonyl (C=O) groups excluding carboxylic acids is 1. The van der Waals surface area contributed by atoms with E-state index in [1.165, 1.54) is 17.0 Å². The van der Waals surface area contributed by atoms with Gasteiger partial charge in [-0.1, -0.05) is 41.6 Å². The molecule has 0 unspecified atom stereocenters. The zero-order valence-electron chi connectivity index (χ0n) is 15.8. The van der Waals surface area contributed by atoms with E-state index in [9.17, 15) is 26.4 Å². The van der Waals surface area contributed by atoms with E-state index < -0.39 is 38.8 Å². The van der Waals surface area contributed by atoms with Gasteiger partial charge in [-0.15, -0.1) is 0 Å². The number of amides is 1. The number of hydrogen-bond donors (Lipinski definition) is 0. The number of nitrogens with zero attached hydrogens (tertiary/aromatic N) is 2. The minimum absolute atomic E-state index is 0.00864. The van der Waals surface area contributed by atoms with Crippen LogP contribution >= 0.6 is 23.4 Å². The molecule has 11 heteroatoms. The Hall–Kier alpha value is -2.04. The number of hydrogen-bond acceptors (Lipinski definition) is 4. The summed E-state index contributed by atoms with van der Waals surface area (Å²) in [5.74, 6) is -0.794. The lowest BCUT2D eigenvalue weighted by atomic mass is 10.1. The van der Waals surface area contributed by atoms with Crippen LogP contribution in [0.2, 0.25) is 5.02 Å². The van der Waals surface area contributed by atoms with Crippen LogP contribution in [0.1, 0.15) is 11.1 Å². The third kappa shape index (κ3) is 4.91. The van der Waals surface area contributed by atoms with Crippen molar-refractivity contribution in [1.29, 1.82) is 0 Å². The fourth-order valence-electron chi connectivity index (χ4n) is 3.62. The maximum atomic E-state index is 13.2. The third-order valence-corrected chi connectivity index (χ3v) is 8.47. The molecule has 2 aromatic rings. The molecular weight excluding hydrogens is 473 g/mol.